The van der Waals surface area contributed by atoms with E-state index in [2.05, 4.69) is 5.32 Å². The predicted octanol–water partition coefficient (Wildman–Crippen LogP) is -1.17. The molecule has 0 fully saturated rings. The second kappa shape index (κ2) is 4.24. The molecule has 0 saturated carbocycles. The van der Waals surface area contributed by atoms with Crippen LogP contribution in [0.3, 0.4) is 0 Å². The minimum Gasteiger partial charge on any atom is -0.394 e. The van der Waals surface area contributed by atoms with Crippen LogP contribution in [0.25, 0.3) is 0 Å². The summed E-state index contributed by atoms with van der Waals surface area (Å²) in [5.41, 5.74) is 5.20. The smallest absolute Gasteiger partial charge is 0.239 e. The van der Waals surface area contributed by atoms with Gasteiger partial charge < -0.3 is 16.2 Å². The average molecular weight is 146 g/mol. The fourth-order valence-corrected chi connectivity index (χ4v) is 0.474. The zero-order chi connectivity index (χ0) is 8.15. The molecule has 0 bridgehead atoms. The van der Waals surface area contributed by atoms with E-state index in [0.29, 0.717) is 0 Å². The molecular weight excluding hydrogens is 132 g/mol. The summed E-state index contributed by atoms with van der Waals surface area (Å²) in [6.45, 7) is 3.36. The quantitative estimate of drug-likeness (QED) is 0.469. The number of nitrogens with one attached hydrogen (secondary N) is 1. The zero-order valence-electron chi connectivity index (χ0n) is 6.29. The molecule has 0 heterocycles. The highest BCUT2D eigenvalue weighted by Gasteiger charge is 2.11. The Kier molecular flexibility index (Phi) is 3.99. The maximum absolute atomic E-state index is 10.8. The number of aliphatic hydroxyl groups is 1. The van der Waals surface area contributed by atoms with E-state index >= 15 is 0 Å². The number of carbonyl (C=O) groups is 1. The van der Waals surface area contributed by atoms with Crippen molar-refractivity contribution in [3.63, 3.8) is 0 Å². The minimum absolute atomic E-state index is 0.0742. The Hall–Kier alpha value is -0.610. The molecule has 0 aromatic rings. The molecule has 1 unspecified atom stereocenters. The Morgan fingerprint density at radius 3 is 2.50 bits per heavy atom. The van der Waals surface area contributed by atoms with E-state index in [0.717, 1.165) is 0 Å². The van der Waals surface area contributed by atoms with Gasteiger partial charge in [0.25, 0.3) is 0 Å². The number of hydrogen-bond donors (Lipinski definition) is 3. The van der Waals surface area contributed by atoms with Crippen LogP contribution >= 0.6 is 0 Å². The van der Waals surface area contributed by atoms with Crippen LogP contribution in [0.4, 0.5) is 0 Å². The predicted molar refractivity (Wildman–Crippen MR) is 38.3 cm³/mol. The Labute approximate surface area is 60.4 Å². The molecule has 0 aliphatic carbocycles. The van der Waals surface area contributed by atoms with Crippen molar-refractivity contribution in [2.75, 3.05) is 6.61 Å². The first-order valence-electron chi connectivity index (χ1n) is 3.24. The number of hydrogen-bond acceptors (Lipinski definition) is 3. The van der Waals surface area contributed by atoms with E-state index < -0.39 is 6.04 Å². The van der Waals surface area contributed by atoms with Crippen molar-refractivity contribution in [3.05, 3.63) is 0 Å². The minimum atomic E-state index is -0.789. The van der Waals surface area contributed by atoms with Crippen molar-refractivity contribution in [3.8, 4) is 0 Å². The molecule has 4 nitrogen and oxygen atoms in total. The van der Waals surface area contributed by atoms with Gasteiger partial charge in [0.1, 0.15) is 6.04 Å². The Bertz CT molecular complexity index is 114. The van der Waals surface area contributed by atoms with E-state index in [1.807, 2.05) is 13.8 Å². The van der Waals surface area contributed by atoms with Gasteiger partial charge in [-0.3, -0.25) is 4.79 Å². The molecule has 0 aromatic carbocycles. The van der Waals surface area contributed by atoms with Crippen LogP contribution in [0.1, 0.15) is 13.8 Å². The third kappa shape index (κ3) is 3.42. The van der Waals surface area contributed by atoms with Gasteiger partial charge in [0.2, 0.25) is 5.91 Å². The third-order valence-electron chi connectivity index (χ3n) is 0.964. The first kappa shape index (κ1) is 9.39. The zero-order valence-corrected chi connectivity index (χ0v) is 6.29. The highest BCUT2D eigenvalue weighted by molar-refractivity contribution is 5.81. The summed E-state index contributed by atoms with van der Waals surface area (Å²) in [5.74, 6) is -0.308. The maximum atomic E-state index is 10.8. The average Bonchev–Trinajstić information content (AvgIpc) is 1.85. The van der Waals surface area contributed by atoms with Gasteiger partial charge in [0, 0.05) is 6.04 Å². The molecule has 10 heavy (non-hydrogen) atoms. The molecule has 0 aliphatic rings. The molecule has 1 amide bonds. The van der Waals surface area contributed by atoms with Gasteiger partial charge in [-0.25, -0.2) is 0 Å². The molecule has 0 rings (SSSR count). The molecule has 1 atom stereocenters. The van der Waals surface area contributed by atoms with Crippen molar-refractivity contribution in [1.82, 2.24) is 5.32 Å². The number of aliphatic hydroxyl groups excluding tert-OH is 1. The molecule has 0 radical (unpaired) electrons. The Morgan fingerprint density at radius 1 is 1.70 bits per heavy atom. The molecule has 0 saturated heterocycles. The highest BCUT2D eigenvalue weighted by Crippen LogP contribution is 1.80. The molecule has 0 spiro atoms. The molecule has 0 aromatic heterocycles. The van der Waals surface area contributed by atoms with Gasteiger partial charge in [0.15, 0.2) is 0 Å². The van der Waals surface area contributed by atoms with Gasteiger partial charge in [-0.05, 0) is 13.8 Å². The first-order valence-corrected chi connectivity index (χ1v) is 3.24. The van der Waals surface area contributed by atoms with Crippen LogP contribution in [-0.4, -0.2) is 29.7 Å². The summed E-state index contributed by atoms with van der Waals surface area (Å²) in [7, 11) is 0. The Morgan fingerprint density at radius 2 is 2.20 bits per heavy atom. The second-order valence-corrected chi connectivity index (χ2v) is 2.45. The summed E-state index contributed by atoms with van der Waals surface area (Å²) in [6.07, 6.45) is 0. The molecule has 0 aliphatic heterocycles. The van der Waals surface area contributed by atoms with Crippen molar-refractivity contribution >= 4 is 5.91 Å². The summed E-state index contributed by atoms with van der Waals surface area (Å²) in [5, 5.41) is 11.0. The summed E-state index contributed by atoms with van der Waals surface area (Å²) in [4.78, 5) is 10.8. The third-order valence-corrected chi connectivity index (χ3v) is 0.964. The van der Waals surface area contributed by atoms with Crippen molar-refractivity contribution in [2.45, 2.75) is 25.9 Å². The van der Waals surface area contributed by atoms with Crippen molar-refractivity contribution < 1.29 is 9.90 Å². The number of carbonyl (C=O) groups excluding carboxylic acids is 1. The summed E-state index contributed by atoms with van der Waals surface area (Å²) in [6, 6.07) is -0.715. The second-order valence-electron chi connectivity index (χ2n) is 2.45. The van der Waals surface area contributed by atoms with E-state index in [9.17, 15) is 4.79 Å². The largest absolute Gasteiger partial charge is 0.394 e. The molecular formula is C6H14N2O2. The lowest BCUT2D eigenvalue weighted by molar-refractivity contribution is -0.123. The maximum Gasteiger partial charge on any atom is 0.239 e. The van der Waals surface area contributed by atoms with Gasteiger partial charge in [-0.1, -0.05) is 0 Å². The number of nitrogens with two attached hydrogens (primary N) is 1. The monoisotopic (exact) mass is 146 g/mol. The molecule has 4 heteroatoms. The number of rotatable bonds is 3. The van der Waals surface area contributed by atoms with Crippen LogP contribution < -0.4 is 11.1 Å². The van der Waals surface area contributed by atoms with Crippen LogP contribution in [0, 0.1) is 0 Å². The van der Waals surface area contributed by atoms with E-state index in [1.165, 1.54) is 0 Å². The van der Waals surface area contributed by atoms with E-state index in [4.69, 9.17) is 10.8 Å². The van der Waals surface area contributed by atoms with Crippen LogP contribution in [0.5, 0.6) is 0 Å². The van der Waals surface area contributed by atoms with Gasteiger partial charge >= 0.3 is 0 Å². The lowest BCUT2D eigenvalue weighted by Gasteiger charge is -2.11. The molecule has 4 N–H and O–H groups in total. The fraction of sp³-hybridized carbons (Fsp3) is 0.833. The highest BCUT2D eigenvalue weighted by atomic mass is 16.3. The number of amides is 1. The van der Waals surface area contributed by atoms with Crippen LogP contribution in [0.2, 0.25) is 0 Å². The van der Waals surface area contributed by atoms with Crippen molar-refractivity contribution in [1.29, 1.82) is 0 Å². The van der Waals surface area contributed by atoms with Gasteiger partial charge in [-0.2, -0.15) is 0 Å². The van der Waals surface area contributed by atoms with E-state index in [1.54, 1.807) is 0 Å². The topological polar surface area (TPSA) is 75.4 Å². The Balaban J connectivity index is 3.62. The molecule has 60 valence electrons. The normalized spacial score (nSPS) is 13.3. The summed E-state index contributed by atoms with van der Waals surface area (Å²) < 4.78 is 0. The standard InChI is InChI=1S/C6H14N2O2/c1-4(2)8-6(10)5(7)3-9/h4-5,9H,3,7H2,1-2H3,(H,8,10). The summed E-state index contributed by atoms with van der Waals surface area (Å²) >= 11 is 0. The SMILES string of the molecule is CC(C)NC(=O)C(N)CO. The fourth-order valence-electron chi connectivity index (χ4n) is 0.474. The lowest BCUT2D eigenvalue weighted by atomic mass is 10.3. The lowest BCUT2D eigenvalue weighted by Crippen LogP contribution is -2.45. The van der Waals surface area contributed by atoms with Gasteiger partial charge in [0.05, 0.1) is 6.61 Å². The van der Waals surface area contributed by atoms with Crippen LogP contribution in [-0.2, 0) is 4.79 Å². The van der Waals surface area contributed by atoms with Crippen LogP contribution in [0.15, 0.2) is 0 Å². The van der Waals surface area contributed by atoms with E-state index in [-0.39, 0.29) is 18.6 Å². The van der Waals surface area contributed by atoms with Gasteiger partial charge in [-0.15, -0.1) is 0 Å². The first-order chi connectivity index (χ1) is 4.57. The van der Waals surface area contributed by atoms with Crippen molar-refractivity contribution in [2.24, 2.45) is 5.73 Å².